The van der Waals surface area contributed by atoms with Crippen molar-refractivity contribution < 1.29 is 4.79 Å². The van der Waals surface area contributed by atoms with Gasteiger partial charge in [-0.25, -0.2) is 4.98 Å². The molecule has 0 bridgehead atoms. The maximum absolute atomic E-state index is 12.3. The topological polar surface area (TPSA) is 48.5 Å². The molecular weight excluding hydrogens is 332 g/mol. The van der Waals surface area contributed by atoms with E-state index in [-0.39, 0.29) is 18.3 Å². The van der Waals surface area contributed by atoms with Crippen molar-refractivity contribution in [2.75, 3.05) is 39.8 Å². The molecule has 126 valence electrons. The summed E-state index contributed by atoms with van der Waals surface area (Å²) in [5, 5.41) is 4.36. The molecule has 1 aliphatic heterocycles. The summed E-state index contributed by atoms with van der Waals surface area (Å²) in [6.45, 7) is 6.72. The first kappa shape index (κ1) is 18.1. The zero-order valence-electron chi connectivity index (χ0n) is 13.5. The Morgan fingerprint density at radius 2 is 2.13 bits per heavy atom. The standard InChI is InChI=1S/C16H22N4OS.ClH/c1-12-18-14-4-3-13(9-15(14)22-12)10-19(2)11-16(21)20-7-5-17-6-8-20;/h3-4,9,17H,5-8,10-11H2,1-2H3;1H. The van der Waals surface area contributed by atoms with Gasteiger partial charge in [-0.15, -0.1) is 23.7 Å². The largest absolute Gasteiger partial charge is 0.339 e. The van der Waals surface area contributed by atoms with Gasteiger partial charge in [0, 0.05) is 32.7 Å². The second kappa shape index (κ2) is 8.06. The summed E-state index contributed by atoms with van der Waals surface area (Å²) >= 11 is 1.72. The molecule has 2 heterocycles. The quantitative estimate of drug-likeness (QED) is 0.911. The number of thiazole rings is 1. The summed E-state index contributed by atoms with van der Waals surface area (Å²) in [6.07, 6.45) is 0. The number of hydrogen-bond donors (Lipinski definition) is 1. The van der Waals surface area contributed by atoms with Gasteiger partial charge in [0.25, 0.3) is 0 Å². The monoisotopic (exact) mass is 354 g/mol. The second-order valence-electron chi connectivity index (χ2n) is 5.84. The molecule has 0 saturated carbocycles. The van der Waals surface area contributed by atoms with Gasteiger partial charge < -0.3 is 10.2 Å². The van der Waals surface area contributed by atoms with Crippen molar-refractivity contribution >= 4 is 39.9 Å². The van der Waals surface area contributed by atoms with E-state index in [0.29, 0.717) is 6.54 Å². The summed E-state index contributed by atoms with van der Waals surface area (Å²) in [7, 11) is 2.00. The van der Waals surface area contributed by atoms with Gasteiger partial charge in [-0.3, -0.25) is 9.69 Å². The van der Waals surface area contributed by atoms with Crippen LogP contribution in [-0.2, 0) is 11.3 Å². The van der Waals surface area contributed by atoms with Gasteiger partial charge in [0.2, 0.25) is 5.91 Å². The van der Waals surface area contributed by atoms with Crippen LogP contribution in [0.3, 0.4) is 0 Å². The van der Waals surface area contributed by atoms with E-state index in [1.54, 1.807) is 11.3 Å². The Labute approximate surface area is 147 Å². The summed E-state index contributed by atoms with van der Waals surface area (Å²) in [5.74, 6) is 0.221. The predicted molar refractivity (Wildman–Crippen MR) is 97.4 cm³/mol. The van der Waals surface area contributed by atoms with Gasteiger partial charge in [0.15, 0.2) is 0 Å². The maximum Gasteiger partial charge on any atom is 0.236 e. The van der Waals surface area contributed by atoms with Crippen LogP contribution >= 0.6 is 23.7 Å². The van der Waals surface area contributed by atoms with Crippen LogP contribution in [0.25, 0.3) is 10.2 Å². The highest BCUT2D eigenvalue weighted by atomic mass is 35.5. The molecule has 0 atom stereocenters. The van der Waals surface area contributed by atoms with E-state index in [1.807, 2.05) is 18.9 Å². The fourth-order valence-electron chi connectivity index (χ4n) is 2.80. The van der Waals surface area contributed by atoms with Crippen LogP contribution < -0.4 is 5.32 Å². The van der Waals surface area contributed by atoms with E-state index in [4.69, 9.17) is 0 Å². The molecule has 1 aromatic carbocycles. The molecule has 1 fully saturated rings. The molecule has 0 radical (unpaired) electrons. The minimum atomic E-state index is 0. The van der Waals surface area contributed by atoms with Crippen LogP contribution in [0.2, 0.25) is 0 Å². The molecule has 23 heavy (non-hydrogen) atoms. The molecule has 5 nitrogen and oxygen atoms in total. The number of benzene rings is 1. The highest BCUT2D eigenvalue weighted by molar-refractivity contribution is 7.18. The van der Waals surface area contributed by atoms with Gasteiger partial charge in [-0.1, -0.05) is 6.07 Å². The Morgan fingerprint density at radius 3 is 2.87 bits per heavy atom. The average molecular weight is 355 g/mol. The minimum absolute atomic E-state index is 0. The molecule has 1 amide bonds. The summed E-state index contributed by atoms with van der Waals surface area (Å²) in [4.78, 5) is 20.8. The van der Waals surface area contributed by atoms with Gasteiger partial charge in [0.05, 0.1) is 21.8 Å². The number of hydrogen-bond acceptors (Lipinski definition) is 5. The maximum atomic E-state index is 12.3. The average Bonchev–Trinajstić information content (AvgIpc) is 2.87. The molecule has 1 N–H and O–H groups in total. The second-order valence-corrected chi connectivity index (χ2v) is 7.07. The number of carbonyl (C=O) groups excluding carboxylic acids is 1. The normalized spacial score (nSPS) is 15.0. The number of amides is 1. The van der Waals surface area contributed by atoms with Crippen molar-refractivity contribution in [2.24, 2.45) is 0 Å². The third kappa shape index (κ3) is 4.64. The smallest absolute Gasteiger partial charge is 0.236 e. The molecule has 7 heteroatoms. The number of carbonyl (C=O) groups is 1. The van der Waals surface area contributed by atoms with Crippen LogP contribution in [0, 0.1) is 6.92 Å². The summed E-state index contributed by atoms with van der Waals surface area (Å²) in [5.41, 5.74) is 2.29. The molecule has 0 aliphatic carbocycles. The van der Waals surface area contributed by atoms with E-state index in [2.05, 4.69) is 33.4 Å². The molecule has 3 rings (SSSR count). The number of aryl methyl sites for hydroxylation is 1. The number of nitrogens with one attached hydrogen (secondary N) is 1. The third-order valence-electron chi connectivity index (χ3n) is 3.89. The van der Waals surface area contributed by atoms with E-state index < -0.39 is 0 Å². The lowest BCUT2D eigenvalue weighted by Crippen LogP contribution is -2.49. The van der Waals surface area contributed by atoms with E-state index in [1.165, 1.54) is 10.3 Å². The number of rotatable bonds is 4. The molecule has 0 spiro atoms. The fraction of sp³-hybridized carbons (Fsp3) is 0.500. The van der Waals surface area contributed by atoms with Gasteiger partial charge in [0.1, 0.15) is 0 Å². The number of piperazine rings is 1. The Balaban J connectivity index is 0.00000192. The fourth-order valence-corrected chi connectivity index (χ4v) is 3.69. The van der Waals surface area contributed by atoms with Crippen LogP contribution in [0.1, 0.15) is 10.6 Å². The van der Waals surface area contributed by atoms with Crippen molar-refractivity contribution in [3.63, 3.8) is 0 Å². The number of fused-ring (bicyclic) bond motifs is 1. The first-order chi connectivity index (χ1) is 10.6. The van der Waals surface area contributed by atoms with Gasteiger partial charge in [-0.2, -0.15) is 0 Å². The molecule has 1 saturated heterocycles. The number of nitrogens with zero attached hydrogens (tertiary/aromatic N) is 3. The molecule has 2 aromatic rings. The lowest BCUT2D eigenvalue weighted by molar-refractivity contribution is -0.132. The van der Waals surface area contributed by atoms with Crippen molar-refractivity contribution in [3.8, 4) is 0 Å². The van der Waals surface area contributed by atoms with Crippen molar-refractivity contribution in [1.29, 1.82) is 0 Å². The van der Waals surface area contributed by atoms with Crippen molar-refractivity contribution in [2.45, 2.75) is 13.5 Å². The summed E-state index contributed by atoms with van der Waals surface area (Å²) in [6, 6.07) is 6.36. The van der Waals surface area contributed by atoms with Crippen LogP contribution in [0.4, 0.5) is 0 Å². The van der Waals surface area contributed by atoms with Crippen molar-refractivity contribution in [1.82, 2.24) is 20.1 Å². The highest BCUT2D eigenvalue weighted by Crippen LogP contribution is 2.23. The number of likely N-dealkylation sites (N-methyl/N-ethyl adjacent to an activating group) is 1. The Hall–Kier alpha value is -1.21. The molecule has 1 aromatic heterocycles. The number of aromatic nitrogens is 1. The Morgan fingerprint density at radius 1 is 1.39 bits per heavy atom. The molecule has 0 unspecified atom stereocenters. The zero-order valence-corrected chi connectivity index (χ0v) is 15.2. The van der Waals surface area contributed by atoms with E-state index >= 15 is 0 Å². The SMILES string of the molecule is Cc1nc2ccc(CN(C)CC(=O)N3CCNCC3)cc2s1.Cl. The lowest BCUT2D eigenvalue weighted by Gasteiger charge is -2.29. The number of halogens is 1. The van der Waals surface area contributed by atoms with Crippen LogP contribution in [-0.4, -0.2) is 60.5 Å². The van der Waals surface area contributed by atoms with E-state index in [0.717, 1.165) is 43.2 Å². The first-order valence-electron chi connectivity index (χ1n) is 7.65. The van der Waals surface area contributed by atoms with Crippen molar-refractivity contribution in [3.05, 3.63) is 28.8 Å². The summed E-state index contributed by atoms with van der Waals surface area (Å²) < 4.78 is 1.22. The Bertz CT molecular complexity index is 669. The van der Waals surface area contributed by atoms with E-state index in [9.17, 15) is 4.79 Å². The third-order valence-corrected chi connectivity index (χ3v) is 4.82. The Kier molecular flexibility index (Phi) is 6.35. The van der Waals surface area contributed by atoms with Crippen LogP contribution in [0.15, 0.2) is 18.2 Å². The lowest BCUT2D eigenvalue weighted by atomic mass is 10.2. The van der Waals surface area contributed by atoms with Gasteiger partial charge in [-0.05, 0) is 31.7 Å². The highest BCUT2D eigenvalue weighted by Gasteiger charge is 2.17. The van der Waals surface area contributed by atoms with Gasteiger partial charge >= 0.3 is 0 Å². The zero-order chi connectivity index (χ0) is 15.5. The predicted octanol–water partition coefficient (Wildman–Crippen LogP) is 1.89. The molecular formula is C16H23ClN4OS. The molecule has 1 aliphatic rings. The minimum Gasteiger partial charge on any atom is -0.339 e. The van der Waals surface area contributed by atoms with Crippen LogP contribution in [0.5, 0.6) is 0 Å². The first-order valence-corrected chi connectivity index (χ1v) is 8.46.